The zero-order chi connectivity index (χ0) is 25.4. The Bertz CT molecular complexity index is 1180. The predicted octanol–water partition coefficient (Wildman–Crippen LogP) is 10.7. The molecule has 0 amide bonds. The Kier molecular flexibility index (Phi) is 15.7. The van der Waals surface area contributed by atoms with E-state index in [0.29, 0.717) is 5.92 Å². The van der Waals surface area contributed by atoms with Crippen LogP contribution in [-0.2, 0) is 29.8 Å². The molecule has 1 fully saturated rings. The van der Waals surface area contributed by atoms with Crippen molar-refractivity contribution in [1.29, 1.82) is 0 Å². The fourth-order valence-corrected chi connectivity index (χ4v) is 5.17. The van der Waals surface area contributed by atoms with Crippen molar-refractivity contribution in [1.82, 2.24) is 0 Å². The molecule has 198 valence electrons. The summed E-state index contributed by atoms with van der Waals surface area (Å²) < 4.78 is 0. The van der Waals surface area contributed by atoms with E-state index in [1.54, 1.807) is 23.3 Å². The van der Waals surface area contributed by atoms with Gasteiger partial charge in [-0.15, -0.1) is 66.3 Å². The summed E-state index contributed by atoms with van der Waals surface area (Å²) in [5.74, 6) is 1.47. The molecule has 3 aromatic rings. The van der Waals surface area contributed by atoms with Crippen molar-refractivity contribution in [2.45, 2.75) is 79.3 Å². The normalized spacial score (nSPS) is 17.0. The first-order chi connectivity index (χ1) is 16.8. The maximum absolute atomic E-state index is 3.36. The van der Waals surface area contributed by atoms with Crippen molar-refractivity contribution in [3.63, 3.8) is 0 Å². The van der Waals surface area contributed by atoms with Gasteiger partial charge in [-0.05, 0) is 17.9 Å². The van der Waals surface area contributed by atoms with Crippen molar-refractivity contribution in [3.05, 3.63) is 89.0 Å². The number of hydrogen-bond donors (Lipinski definition) is 0. The van der Waals surface area contributed by atoms with E-state index in [1.165, 1.54) is 82.7 Å². The van der Waals surface area contributed by atoms with Crippen LogP contribution in [0.5, 0.6) is 0 Å². The first-order valence-electron chi connectivity index (χ1n) is 13.3. The van der Waals surface area contributed by atoms with E-state index in [4.69, 9.17) is 0 Å². The molecule has 2 aliphatic carbocycles. The molecule has 37 heavy (non-hydrogen) atoms. The Labute approximate surface area is 254 Å². The third-order valence-corrected chi connectivity index (χ3v) is 7.38. The van der Waals surface area contributed by atoms with E-state index in [9.17, 15) is 0 Å². The standard InChI is InChI=1S/C22H23.C9H13.C2H6Si.2ClH.Zr/c1-3-8-17(9-4-1)14-18-15-20-12-7-13-21(22(20)16-18)19-10-5-2-6-11-19;1-6-5-7(2)9(4)8(6)3;1-3-2;;;/h2,5-7,10-13,15-17H,1,3-4,8-9,14H2;6H,1-4H3;1-2H3;2*1H;/q2*-1;;;;+2. The fraction of sp³-hybridized carbons (Fsp3) is 0.424. The van der Waals surface area contributed by atoms with Crippen molar-refractivity contribution in [3.8, 4) is 11.1 Å². The molecule has 5 rings (SSSR count). The van der Waals surface area contributed by atoms with Crippen LogP contribution in [0.2, 0.25) is 13.1 Å². The Hall–Kier alpha value is -0.790. The number of rotatable bonds is 3. The van der Waals surface area contributed by atoms with Gasteiger partial charge in [-0.1, -0.05) is 101 Å². The van der Waals surface area contributed by atoms with Crippen molar-refractivity contribution in [2.24, 2.45) is 11.8 Å². The molecular weight excluding hydrogens is 587 g/mol. The van der Waals surface area contributed by atoms with Gasteiger partial charge in [0.25, 0.3) is 0 Å². The molecule has 0 spiro atoms. The van der Waals surface area contributed by atoms with Crippen LogP contribution in [0.15, 0.2) is 77.4 Å². The van der Waals surface area contributed by atoms with Crippen LogP contribution in [-0.4, -0.2) is 5.43 Å². The summed E-state index contributed by atoms with van der Waals surface area (Å²) >= 11 is 1.74. The summed E-state index contributed by atoms with van der Waals surface area (Å²) in [7, 11) is 0. The summed E-state index contributed by atoms with van der Waals surface area (Å²) in [6.45, 7) is 13.3. The van der Waals surface area contributed by atoms with Gasteiger partial charge in [0.1, 0.15) is 0 Å². The van der Waals surface area contributed by atoms with Gasteiger partial charge in [-0.3, -0.25) is 6.08 Å². The maximum atomic E-state index is 3.36. The second kappa shape index (κ2) is 17.0. The van der Waals surface area contributed by atoms with Crippen LogP contribution >= 0.6 is 24.8 Å². The molecular formula is C33H44Cl2SiZr. The molecule has 0 radical (unpaired) electrons. The van der Waals surface area contributed by atoms with E-state index in [2.05, 4.69) is 108 Å². The molecule has 1 unspecified atom stereocenters. The molecule has 1 saturated carbocycles. The maximum Gasteiger partial charge on any atom is -0.0279 e. The van der Waals surface area contributed by atoms with Crippen LogP contribution < -0.4 is 0 Å². The molecule has 0 aromatic heterocycles. The van der Waals surface area contributed by atoms with E-state index in [1.807, 2.05) is 0 Å². The summed E-state index contributed by atoms with van der Waals surface area (Å²) in [5.41, 5.74) is 8.68. The summed E-state index contributed by atoms with van der Waals surface area (Å²) in [5, 5.41) is 2.81. The molecule has 3 aromatic carbocycles. The van der Waals surface area contributed by atoms with Gasteiger partial charge < -0.3 is 0 Å². The fourth-order valence-electron chi connectivity index (χ4n) is 5.17. The van der Waals surface area contributed by atoms with E-state index in [0.717, 1.165) is 5.92 Å². The summed E-state index contributed by atoms with van der Waals surface area (Å²) in [4.78, 5) is 0. The zero-order valence-electron chi connectivity index (χ0n) is 23.5. The molecule has 4 heteroatoms. The molecule has 0 aliphatic heterocycles. The number of fused-ring (bicyclic) bond motifs is 1. The predicted molar refractivity (Wildman–Crippen MR) is 167 cm³/mol. The van der Waals surface area contributed by atoms with Crippen LogP contribution in [0.1, 0.15) is 65.4 Å². The summed E-state index contributed by atoms with van der Waals surface area (Å²) in [6.07, 6.45) is 11.8. The SMILES string of the molecule is CC1=[C-]C(C)C(C)=C1C.C[Si](C)=[Zr+2].Cl.Cl.c1ccc(-c2cccc3[cH-]c(CC4CCCCC4)cc23)cc1. The Balaban J connectivity index is 0.000000385. The molecule has 0 saturated heterocycles. The Morgan fingerprint density at radius 2 is 1.54 bits per heavy atom. The molecule has 2 aliphatic rings. The molecule has 0 heterocycles. The molecule has 0 N–H and O–H groups in total. The average molecular weight is 631 g/mol. The zero-order valence-corrected chi connectivity index (χ0v) is 28.6. The third-order valence-electron chi connectivity index (χ3n) is 7.38. The van der Waals surface area contributed by atoms with E-state index in [-0.39, 0.29) is 30.2 Å². The van der Waals surface area contributed by atoms with E-state index < -0.39 is 0 Å². The van der Waals surface area contributed by atoms with Gasteiger partial charge in [0, 0.05) is 0 Å². The number of halogens is 2. The molecule has 0 nitrogen and oxygen atoms in total. The molecule has 1 atom stereocenters. The Morgan fingerprint density at radius 1 is 0.919 bits per heavy atom. The van der Waals surface area contributed by atoms with Crippen LogP contribution in [0.3, 0.4) is 0 Å². The first-order valence-corrected chi connectivity index (χ1v) is 19.5. The largest absolute Gasteiger partial charge is 0.164 e. The Morgan fingerprint density at radius 3 is 2.05 bits per heavy atom. The molecule has 0 bridgehead atoms. The summed E-state index contributed by atoms with van der Waals surface area (Å²) in [6, 6.07) is 22.3. The third kappa shape index (κ3) is 10.4. The van der Waals surface area contributed by atoms with Gasteiger partial charge >= 0.3 is 41.9 Å². The first kappa shape index (κ1) is 34.2. The quantitative estimate of drug-likeness (QED) is 0.200. The minimum absolute atomic E-state index is 0. The van der Waals surface area contributed by atoms with E-state index >= 15 is 0 Å². The smallest absolute Gasteiger partial charge is 0.0279 e. The van der Waals surface area contributed by atoms with Gasteiger partial charge in [0.2, 0.25) is 0 Å². The van der Waals surface area contributed by atoms with Gasteiger partial charge in [0.15, 0.2) is 0 Å². The van der Waals surface area contributed by atoms with Crippen LogP contribution in [0, 0.1) is 17.9 Å². The average Bonchev–Trinajstić information content (AvgIpc) is 3.35. The second-order valence-corrected chi connectivity index (χ2v) is 19.9. The topological polar surface area (TPSA) is 0 Å². The number of hydrogen-bond acceptors (Lipinski definition) is 0. The van der Waals surface area contributed by atoms with Crippen molar-refractivity contribution >= 4 is 41.0 Å². The van der Waals surface area contributed by atoms with Crippen LogP contribution in [0.25, 0.3) is 21.9 Å². The number of allylic oxidation sites excluding steroid dienone is 4. The minimum atomic E-state index is 0. The van der Waals surface area contributed by atoms with Crippen molar-refractivity contribution in [2.75, 3.05) is 0 Å². The monoisotopic (exact) mass is 628 g/mol. The van der Waals surface area contributed by atoms with Gasteiger partial charge in [-0.25, -0.2) is 5.57 Å². The second-order valence-electron chi connectivity index (χ2n) is 10.5. The van der Waals surface area contributed by atoms with Gasteiger partial charge in [0.05, 0.1) is 0 Å². The minimum Gasteiger partial charge on any atom is -0.164 e. The number of benzene rings is 2. The van der Waals surface area contributed by atoms with Crippen molar-refractivity contribution < 1.29 is 23.3 Å². The van der Waals surface area contributed by atoms with Crippen LogP contribution in [0.4, 0.5) is 0 Å². The van der Waals surface area contributed by atoms with Gasteiger partial charge in [-0.2, -0.15) is 17.2 Å².